The van der Waals surface area contributed by atoms with Crippen molar-refractivity contribution >= 4 is 23.2 Å². The van der Waals surface area contributed by atoms with E-state index in [1.165, 1.54) is 22.3 Å². The Morgan fingerprint density at radius 2 is 1.30 bits per heavy atom. The van der Waals surface area contributed by atoms with Gasteiger partial charge in [-0.1, -0.05) is 49.2 Å². The SMILES string of the molecule is CC(C)C1c2cc(Cl)ccc2CCc2ccc(Cl)cc21. The van der Waals surface area contributed by atoms with Gasteiger partial charge in [0.2, 0.25) is 0 Å². The van der Waals surface area contributed by atoms with Crippen molar-refractivity contribution in [3.63, 3.8) is 0 Å². The van der Waals surface area contributed by atoms with Crippen LogP contribution in [-0.2, 0) is 12.8 Å². The Morgan fingerprint density at radius 3 is 1.70 bits per heavy atom. The van der Waals surface area contributed by atoms with E-state index < -0.39 is 0 Å². The first kappa shape index (κ1) is 14.0. The number of rotatable bonds is 1. The Hall–Kier alpha value is -0.980. The van der Waals surface area contributed by atoms with E-state index in [-0.39, 0.29) is 0 Å². The van der Waals surface area contributed by atoms with Gasteiger partial charge in [0.25, 0.3) is 0 Å². The number of halogens is 2. The van der Waals surface area contributed by atoms with Crippen LogP contribution in [0.3, 0.4) is 0 Å². The maximum absolute atomic E-state index is 6.23. The van der Waals surface area contributed by atoms with Gasteiger partial charge in [-0.15, -0.1) is 0 Å². The fourth-order valence-electron chi connectivity index (χ4n) is 3.32. The fraction of sp³-hybridized carbons (Fsp3) is 0.333. The van der Waals surface area contributed by atoms with Crippen molar-refractivity contribution in [1.82, 2.24) is 0 Å². The van der Waals surface area contributed by atoms with Crippen LogP contribution in [0.5, 0.6) is 0 Å². The Morgan fingerprint density at radius 1 is 0.850 bits per heavy atom. The van der Waals surface area contributed by atoms with Crippen LogP contribution in [-0.4, -0.2) is 0 Å². The first-order valence-electron chi connectivity index (χ1n) is 7.13. The van der Waals surface area contributed by atoms with Gasteiger partial charge in [0.05, 0.1) is 0 Å². The molecule has 0 saturated carbocycles. The fourth-order valence-corrected chi connectivity index (χ4v) is 3.68. The van der Waals surface area contributed by atoms with E-state index in [0.717, 1.165) is 22.9 Å². The Kier molecular flexibility index (Phi) is 3.79. The van der Waals surface area contributed by atoms with Crippen LogP contribution in [0.2, 0.25) is 10.0 Å². The highest BCUT2D eigenvalue weighted by molar-refractivity contribution is 6.31. The molecule has 20 heavy (non-hydrogen) atoms. The van der Waals surface area contributed by atoms with E-state index in [2.05, 4.69) is 38.1 Å². The highest BCUT2D eigenvalue weighted by Crippen LogP contribution is 2.40. The van der Waals surface area contributed by atoms with Crippen LogP contribution < -0.4 is 0 Å². The molecule has 0 fully saturated rings. The van der Waals surface area contributed by atoms with Gasteiger partial charge in [-0.05, 0) is 65.3 Å². The minimum Gasteiger partial charge on any atom is -0.0843 e. The zero-order chi connectivity index (χ0) is 14.3. The van der Waals surface area contributed by atoms with E-state index in [4.69, 9.17) is 23.2 Å². The lowest BCUT2D eigenvalue weighted by Crippen LogP contribution is -2.10. The van der Waals surface area contributed by atoms with Crippen molar-refractivity contribution in [1.29, 1.82) is 0 Å². The smallest absolute Gasteiger partial charge is 0.0409 e. The van der Waals surface area contributed by atoms with Gasteiger partial charge in [0, 0.05) is 16.0 Å². The number of benzene rings is 2. The third-order valence-corrected chi connectivity index (χ3v) is 4.69. The molecule has 0 atom stereocenters. The molecule has 2 heteroatoms. The standard InChI is InChI=1S/C18H18Cl2/c1-11(2)18-16-9-14(19)7-5-12(16)3-4-13-6-8-15(20)10-17(13)18/h5-11,18H,3-4H2,1-2H3. The van der Waals surface area contributed by atoms with Gasteiger partial charge in [-0.25, -0.2) is 0 Å². The van der Waals surface area contributed by atoms with E-state index >= 15 is 0 Å². The Bertz CT molecular complexity index is 590. The van der Waals surface area contributed by atoms with Crippen molar-refractivity contribution < 1.29 is 0 Å². The van der Waals surface area contributed by atoms with Gasteiger partial charge in [-0.3, -0.25) is 0 Å². The minimum absolute atomic E-state index is 0.375. The molecule has 0 amide bonds. The first-order valence-corrected chi connectivity index (χ1v) is 7.88. The quantitative estimate of drug-likeness (QED) is 0.617. The van der Waals surface area contributed by atoms with E-state index in [1.54, 1.807) is 0 Å². The van der Waals surface area contributed by atoms with Gasteiger partial charge >= 0.3 is 0 Å². The van der Waals surface area contributed by atoms with Crippen LogP contribution in [0, 0.1) is 5.92 Å². The molecule has 1 aliphatic rings. The third kappa shape index (κ3) is 2.47. The Labute approximate surface area is 130 Å². The van der Waals surface area contributed by atoms with Gasteiger partial charge < -0.3 is 0 Å². The lowest BCUT2D eigenvalue weighted by Gasteiger charge is -2.24. The average Bonchev–Trinajstić information content (AvgIpc) is 2.54. The predicted molar refractivity (Wildman–Crippen MR) is 87.0 cm³/mol. The topological polar surface area (TPSA) is 0 Å². The van der Waals surface area contributed by atoms with Crippen LogP contribution in [0.1, 0.15) is 42.0 Å². The largest absolute Gasteiger partial charge is 0.0843 e. The molecule has 0 spiro atoms. The monoisotopic (exact) mass is 304 g/mol. The lowest BCUT2D eigenvalue weighted by atomic mass is 9.80. The van der Waals surface area contributed by atoms with Crippen molar-refractivity contribution in [3.05, 3.63) is 68.7 Å². The summed E-state index contributed by atoms with van der Waals surface area (Å²) in [6, 6.07) is 12.6. The molecule has 2 aromatic rings. The molecule has 1 aliphatic carbocycles. The highest BCUT2D eigenvalue weighted by atomic mass is 35.5. The summed E-state index contributed by atoms with van der Waals surface area (Å²) in [5, 5.41) is 1.64. The van der Waals surface area contributed by atoms with E-state index in [0.29, 0.717) is 11.8 Å². The molecule has 0 aromatic heterocycles. The van der Waals surface area contributed by atoms with E-state index in [9.17, 15) is 0 Å². The summed E-state index contributed by atoms with van der Waals surface area (Å²) in [5.41, 5.74) is 5.57. The first-order chi connectivity index (χ1) is 9.56. The number of aryl methyl sites for hydroxylation is 2. The summed E-state index contributed by atoms with van der Waals surface area (Å²) in [4.78, 5) is 0. The number of fused-ring (bicyclic) bond motifs is 2. The van der Waals surface area contributed by atoms with E-state index in [1.807, 2.05) is 12.1 Å². The molecule has 0 unspecified atom stereocenters. The molecular weight excluding hydrogens is 287 g/mol. The molecule has 0 aliphatic heterocycles. The summed E-state index contributed by atoms with van der Waals surface area (Å²) in [6.45, 7) is 4.54. The molecular formula is C18H18Cl2. The third-order valence-electron chi connectivity index (χ3n) is 4.22. The molecule has 0 nitrogen and oxygen atoms in total. The molecule has 104 valence electrons. The maximum atomic E-state index is 6.23. The average molecular weight is 305 g/mol. The van der Waals surface area contributed by atoms with Crippen molar-refractivity contribution in [2.75, 3.05) is 0 Å². The summed E-state index contributed by atoms with van der Waals surface area (Å²) in [6.07, 6.45) is 2.15. The highest BCUT2D eigenvalue weighted by Gasteiger charge is 2.26. The second-order valence-electron chi connectivity index (χ2n) is 5.91. The molecule has 0 bridgehead atoms. The second kappa shape index (κ2) is 5.42. The van der Waals surface area contributed by atoms with Crippen molar-refractivity contribution in [2.45, 2.75) is 32.6 Å². The van der Waals surface area contributed by atoms with Crippen LogP contribution in [0.15, 0.2) is 36.4 Å². The second-order valence-corrected chi connectivity index (χ2v) is 6.78. The lowest BCUT2D eigenvalue weighted by molar-refractivity contribution is 0.562. The zero-order valence-corrected chi connectivity index (χ0v) is 13.3. The molecule has 2 aromatic carbocycles. The zero-order valence-electron chi connectivity index (χ0n) is 11.8. The van der Waals surface area contributed by atoms with Gasteiger partial charge in [0.15, 0.2) is 0 Å². The normalized spacial score (nSPS) is 14.8. The molecule has 0 heterocycles. The van der Waals surface area contributed by atoms with Gasteiger partial charge in [-0.2, -0.15) is 0 Å². The maximum Gasteiger partial charge on any atom is 0.0409 e. The minimum atomic E-state index is 0.375. The predicted octanol–water partition coefficient (Wildman–Crippen LogP) is 5.88. The summed E-state index contributed by atoms with van der Waals surface area (Å²) in [7, 11) is 0. The summed E-state index contributed by atoms with van der Waals surface area (Å²) >= 11 is 12.5. The Balaban J connectivity index is 2.24. The molecule has 3 rings (SSSR count). The number of hydrogen-bond acceptors (Lipinski definition) is 0. The molecule has 0 N–H and O–H groups in total. The van der Waals surface area contributed by atoms with Gasteiger partial charge in [0.1, 0.15) is 0 Å². The molecule has 0 radical (unpaired) electrons. The summed E-state index contributed by atoms with van der Waals surface area (Å²) in [5.74, 6) is 0.891. The number of hydrogen-bond donors (Lipinski definition) is 0. The van der Waals surface area contributed by atoms with Crippen LogP contribution >= 0.6 is 23.2 Å². The van der Waals surface area contributed by atoms with Crippen LogP contribution in [0.4, 0.5) is 0 Å². The van der Waals surface area contributed by atoms with Crippen molar-refractivity contribution in [3.8, 4) is 0 Å². The van der Waals surface area contributed by atoms with Crippen molar-refractivity contribution in [2.24, 2.45) is 5.92 Å². The van der Waals surface area contributed by atoms with Crippen LogP contribution in [0.25, 0.3) is 0 Å². The molecule has 0 saturated heterocycles. The summed E-state index contributed by atoms with van der Waals surface area (Å²) < 4.78 is 0.